The predicted molar refractivity (Wildman–Crippen MR) is 94.3 cm³/mol. The number of amides is 2. The van der Waals surface area contributed by atoms with Gasteiger partial charge in [0.05, 0.1) is 23.7 Å². The molecular weight excluding hydrogens is 340 g/mol. The summed E-state index contributed by atoms with van der Waals surface area (Å²) in [5.74, 6) is 1.09. The molecule has 0 fully saturated rings. The van der Waals surface area contributed by atoms with E-state index in [-0.39, 0.29) is 12.6 Å². The third-order valence-corrected chi connectivity index (χ3v) is 4.14. The van der Waals surface area contributed by atoms with Gasteiger partial charge < -0.3 is 19.8 Å². The van der Waals surface area contributed by atoms with E-state index in [2.05, 4.69) is 20.6 Å². The lowest BCUT2D eigenvalue weighted by atomic mass is 10.2. The summed E-state index contributed by atoms with van der Waals surface area (Å²) in [7, 11) is 0. The Kier molecular flexibility index (Phi) is 5.63. The number of pyridine rings is 1. The molecule has 3 heterocycles. The summed E-state index contributed by atoms with van der Waals surface area (Å²) in [4.78, 5) is 21.4. The summed E-state index contributed by atoms with van der Waals surface area (Å²) in [5.41, 5.74) is 1.48. The second kappa shape index (κ2) is 8.29. The van der Waals surface area contributed by atoms with E-state index < -0.39 is 0 Å². The number of ether oxygens (including phenoxy) is 1. The van der Waals surface area contributed by atoms with E-state index in [9.17, 15) is 4.79 Å². The molecule has 25 heavy (non-hydrogen) atoms. The Morgan fingerprint density at radius 2 is 2.16 bits per heavy atom. The van der Waals surface area contributed by atoms with E-state index in [1.54, 1.807) is 29.9 Å². The van der Waals surface area contributed by atoms with E-state index in [1.807, 2.05) is 30.5 Å². The van der Waals surface area contributed by atoms with Gasteiger partial charge in [0.1, 0.15) is 6.26 Å². The minimum Gasteiger partial charge on any atom is -0.478 e. The maximum Gasteiger partial charge on any atom is 0.315 e. The number of aromatic nitrogens is 2. The van der Waals surface area contributed by atoms with Gasteiger partial charge in [-0.05, 0) is 24.4 Å². The van der Waals surface area contributed by atoms with Gasteiger partial charge in [0.15, 0.2) is 0 Å². The SMILES string of the molecule is CCOc1ncccc1CNC(=O)NCc1coc(-c2cccs2)n1. The Morgan fingerprint density at radius 3 is 2.96 bits per heavy atom. The predicted octanol–water partition coefficient (Wildman–Crippen LogP) is 3.20. The summed E-state index contributed by atoms with van der Waals surface area (Å²) in [6.45, 7) is 3.02. The van der Waals surface area contributed by atoms with Gasteiger partial charge in [-0.2, -0.15) is 0 Å². The fraction of sp³-hybridized carbons (Fsp3) is 0.235. The van der Waals surface area contributed by atoms with Crippen molar-refractivity contribution in [3.63, 3.8) is 0 Å². The number of nitrogens with zero attached hydrogens (tertiary/aromatic N) is 2. The van der Waals surface area contributed by atoms with Crippen LogP contribution >= 0.6 is 11.3 Å². The van der Waals surface area contributed by atoms with E-state index in [4.69, 9.17) is 9.15 Å². The average Bonchev–Trinajstić information content (AvgIpc) is 3.31. The zero-order chi connectivity index (χ0) is 17.5. The number of hydrogen-bond acceptors (Lipinski definition) is 6. The Balaban J connectivity index is 1.49. The maximum atomic E-state index is 12.0. The zero-order valence-electron chi connectivity index (χ0n) is 13.7. The van der Waals surface area contributed by atoms with Crippen molar-refractivity contribution in [2.24, 2.45) is 0 Å². The van der Waals surface area contributed by atoms with E-state index in [0.717, 1.165) is 10.4 Å². The highest BCUT2D eigenvalue weighted by Gasteiger charge is 2.09. The second-order valence-electron chi connectivity index (χ2n) is 5.06. The first-order valence-corrected chi connectivity index (χ1v) is 8.71. The molecule has 8 heteroatoms. The summed E-state index contributed by atoms with van der Waals surface area (Å²) in [6.07, 6.45) is 3.20. The van der Waals surface area contributed by atoms with Crippen molar-refractivity contribution < 1.29 is 13.9 Å². The summed E-state index contributed by atoms with van der Waals surface area (Å²) in [6, 6.07) is 7.24. The molecule has 3 aromatic heterocycles. The van der Waals surface area contributed by atoms with Gasteiger partial charge in [-0.3, -0.25) is 0 Å². The summed E-state index contributed by atoms with van der Waals surface area (Å²) >= 11 is 1.55. The van der Waals surface area contributed by atoms with Gasteiger partial charge >= 0.3 is 6.03 Å². The van der Waals surface area contributed by atoms with Crippen molar-refractivity contribution in [3.05, 3.63) is 53.4 Å². The standard InChI is InChI=1S/C17H18N4O3S/c1-2-23-15-12(5-3-7-18-15)9-19-17(22)20-10-13-11-24-16(21-13)14-6-4-8-25-14/h3-8,11H,2,9-10H2,1H3,(H2,19,20,22). The average molecular weight is 358 g/mol. The van der Waals surface area contributed by atoms with Crippen molar-refractivity contribution in [2.75, 3.05) is 6.61 Å². The molecule has 0 saturated carbocycles. The summed E-state index contributed by atoms with van der Waals surface area (Å²) in [5, 5.41) is 7.48. The minimum absolute atomic E-state index is 0.284. The van der Waals surface area contributed by atoms with Gasteiger partial charge in [-0.1, -0.05) is 12.1 Å². The number of carbonyl (C=O) groups is 1. The van der Waals surface area contributed by atoms with E-state index in [1.165, 1.54) is 0 Å². The van der Waals surface area contributed by atoms with E-state index in [0.29, 0.717) is 30.6 Å². The zero-order valence-corrected chi connectivity index (χ0v) is 14.5. The number of hydrogen-bond donors (Lipinski definition) is 2. The smallest absolute Gasteiger partial charge is 0.315 e. The first kappa shape index (κ1) is 17.0. The molecule has 0 aliphatic carbocycles. The van der Waals surface area contributed by atoms with Crippen LogP contribution < -0.4 is 15.4 Å². The second-order valence-corrected chi connectivity index (χ2v) is 6.01. The topological polar surface area (TPSA) is 89.3 Å². The Bertz CT molecular complexity index is 817. The highest BCUT2D eigenvalue weighted by Crippen LogP contribution is 2.23. The molecule has 0 radical (unpaired) electrons. The van der Waals surface area contributed by atoms with Crippen LogP contribution in [0.25, 0.3) is 10.8 Å². The van der Waals surface area contributed by atoms with Crippen LogP contribution in [-0.4, -0.2) is 22.6 Å². The fourth-order valence-corrected chi connectivity index (χ4v) is 2.79. The number of oxazole rings is 1. The Hall–Kier alpha value is -2.87. The number of carbonyl (C=O) groups excluding carboxylic acids is 1. The Morgan fingerprint density at radius 1 is 1.28 bits per heavy atom. The molecule has 0 aromatic carbocycles. The first-order valence-electron chi connectivity index (χ1n) is 7.83. The van der Waals surface area contributed by atoms with Crippen LogP contribution in [0.15, 0.2) is 46.5 Å². The van der Waals surface area contributed by atoms with Crippen LogP contribution in [0.3, 0.4) is 0 Å². The monoisotopic (exact) mass is 358 g/mol. The quantitative estimate of drug-likeness (QED) is 0.677. The summed E-state index contributed by atoms with van der Waals surface area (Å²) < 4.78 is 10.8. The molecule has 3 aromatic rings. The molecule has 2 N–H and O–H groups in total. The molecule has 130 valence electrons. The van der Waals surface area contributed by atoms with E-state index >= 15 is 0 Å². The Labute approximate surface area is 149 Å². The first-order chi connectivity index (χ1) is 12.3. The number of nitrogens with one attached hydrogen (secondary N) is 2. The maximum absolute atomic E-state index is 12.0. The van der Waals surface area contributed by atoms with Crippen molar-refractivity contribution in [3.8, 4) is 16.6 Å². The van der Waals surface area contributed by atoms with Crippen molar-refractivity contribution >= 4 is 17.4 Å². The highest BCUT2D eigenvalue weighted by atomic mass is 32.1. The largest absolute Gasteiger partial charge is 0.478 e. The third kappa shape index (κ3) is 4.57. The van der Waals surface area contributed by atoms with Gasteiger partial charge in [0.25, 0.3) is 0 Å². The van der Waals surface area contributed by atoms with Crippen LogP contribution in [0.2, 0.25) is 0 Å². The number of rotatable bonds is 7. The van der Waals surface area contributed by atoms with Gasteiger partial charge in [0, 0.05) is 18.3 Å². The third-order valence-electron chi connectivity index (χ3n) is 3.28. The van der Waals surface area contributed by atoms with Crippen molar-refractivity contribution in [2.45, 2.75) is 20.0 Å². The molecule has 3 rings (SSSR count). The van der Waals surface area contributed by atoms with Crippen LogP contribution in [0.1, 0.15) is 18.2 Å². The molecule has 0 spiro atoms. The van der Waals surface area contributed by atoms with Crippen LogP contribution in [0, 0.1) is 0 Å². The highest BCUT2D eigenvalue weighted by molar-refractivity contribution is 7.13. The molecular formula is C17H18N4O3S. The molecule has 2 amide bonds. The van der Waals surface area contributed by atoms with Gasteiger partial charge in [-0.15, -0.1) is 11.3 Å². The molecule has 0 aliphatic heterocycles. The van der Waals surface area contributed by atoms with Crippen LogP contribution in [-0.2, 0) is 13.1 Å². The molecule has 0 saturated heterocycles. The lowest BCUT2D eigenvalue weighted by molar-refractivity contribution is 0.239. The normalized spacial score (nSPS) is 10.4. The van der Waals surface area contributed by atoms with Gasteiger partial charge in [0.2, 0.25) is 11.8 Å². The lowest BCUT2D eigenvalue weighted by Gasteiger charge is -2.10. The fourth-order valence-electron chi connectivity index (χ4n) is 2.14. The van der Waals surface area contributed by atoms with Crippen molar-refractivity contribution in [1.29, 1.82) is 0 Å². The molecule has 0 atom stereocenters. The minimum atomic E-state index is -0.299. The number of thiophene rings is 1. The van der Waals surface area contributed by atoms with Crippen LogP contribution in [0.5, 0.6) is 5.88 Å². The molecule has 7 nitrogen and oxygen atoms in total. The lowest BCUT2D eigenvalue weighted by Crippen LogP contribution is -2.34. The van der Waals surface area contributed by atoms with Crippen molar-refractivity contribution in [1.82, 2.24) is 20.6 Å². The number of urea groups is 1. The van der Waals surface area contributed by atoms with Gasteiger partial charge in [-0.25, -0.2) is 14.8 Å². The molecule has 0 unspecified atom stereocenters. The molecule has 0 aliphatic rings. The van der Waals surface area contributed by atoms with Crippen LogP contribution in [0.4, 0.5) is 4.79 Å². The molecule has 0 bridgehead atoms.